The van der Waals surface area contributed by atoms with Gasteiger partial charge < -0.3 is 25.0 Å². The number of aromatic nitrogens is 1. The van der Waals surface area contributed by atoms with Crippen LogP contribution in [0.25, 0.3) is 10.9 Å². The van der Waals surface area contributed by atoms with Crippen molar-refractivity contribution in [2.24, 2.45) is 0 Å². The quantitative estimate of drug-likeness (QED) is 0.523. The summed E-state index contributed by atoms with van der Waals surface area (Å²) in [4.78, 5) is 32.0. The van der Waals surface area contributed by atoms with Gasteiger partial charge in [-0.25, -0.2) is 4.79 Å². The molecule has 1 aromatic heterocycles. The molecule has 2 aliphatic heterocycles. The van der Waals surface area contributed by atoms with Gasteiger partial charge in [-0.15, -0.1) is 0 Å². The second kappa shape index (κ2) is 9.02. The number of rotatable bonds is 6. The number of nitrogens with zero attached hydrogens (tertiary/aromatic N) is 2. The Kier molecular flexibility index (Phi) is 5.91. The molecule has 3 aromatic rings. The van der Waals surface area contributed by atoms with E-state index in [1.165, 1.54) is 16.5 Å². The largest absolute Gasteiger partial charge is 0.492 e. The Morgan fingerprint density at radius 3 is 2.79 bits per heavy atom. The van der Waals surface area contributed by atoms with Crippen LogP contribution in [0.4, 0.5) is 4.79 Å². The average molecular weight is 463 g/mol. The molecule has 0 saturated carbocycles. The molecule has 8 nitrogen and oxygen atoms in total. The number of carboxylic acid groups (broad SMARTS) is 1. The molecule has 3 N–H and O–H groups in total. The zero-order chi connectivity index (χ0) is 23.7. The third kappa shape index (κ3) is 4.09. The van der Waals surface area contributed by atoms with E-state index in [1.807, 2.05) is 35.2 Å². The summed E-state index contributed by atoms with van der Waals surface area (Å²) in [5.41, 5.74) is 4.10. The fourth-order valence-electron chi connectivity index (χ4n) is 5.43. The number of H-pyrrole nitrogens is 1. The van der Waals surface area contributed by atoms with E-state index in [0.29, 0.717) is 19.7 Å². The molecule has 0 radical (unpaired) electrons. The zero-order valence-corrected chi connectivity index (χ0v) is 19.3. The Labute approximate surface area is 198 Å². The molecule has 3 heterocycles. The van der Waals surface area contributed by atoms with Crippen molar-refractivity contribution in [3.05, 3.63) is 65.4 Å². The number of carboxylic acids is 1. The molecule has 0 aliphatic carbocycles. The minimum Gasteiger partial charge on any atom is -0.492 e. The molecule has 5 rings (SSSR count). The Morgan fingerprint density at radius 2 is 2.00 bits per heavy atom. The summed E-state index contributed by atoms with van der Waals surface area (Å²) in [5.74, 6) is -0.204. The van der Waals surface area contributed by atoms with Crippen LogP contribution in [0.15, 0.2) is 48.5 Å². The van der Waals surface area contributed by atoms with Crippen molar-refractivity contribution in [2.45, 2.75) is 25.3 Å². The molecule has 0 bridgehead atoms. The van der Waals surface area contributed by atoms with Crippen LogP contribution in [-0.2, 0) is 16.8 Å². The minimum absolute atomic E-state index is 0.328. The fraction of sp³-hybridized carbons (Fsp3) is 0.385. The van der Waals surface area contributed by atoms with Crippen molar-refractivity contribution in [2.75, 3.05) is 39.3 Å². The first-order valence-electron chi connectivity index (χ1n) is 11.8. The van der Waals surface area contributed by atoms with E-state index < -0.39 is 18.1 Å². The van der Waals surface area contributed by atoms with E-state index in [-0.39, 0.29) is 6.03 Å². The molecule has 2 aromatic carbocycles. The third-order valence-corrected chi connectivity index (χ3v) is 7.01. The number of carbonyl (C=O) groups is 2. The zero-order valence-electron chi connectivity index (χ0n) is 19.3. The summed E-state index contributed by atoms with van der Waals surface area (Å²) in [7, 11) is 0. The number of hydrogen-bond donors (Lipinski definition) is 3. The molecule has 1 spiro atoms. The normalized spacial score (nSPS) is 20.0. The average Bonchev–Trinajstić information content (AvgIpc) is 3.41. The van der Waals surface area contributed by atoms with Crippen LogP contribution in [0.3, 0.4) is 0 Å². The van der Waals surface area contributed by atoms with Crippen LogP contribution in [0, 0.1) is 6.92 Å². The highest BCUT2D eigenvalue weighted by Crippen LogP contribution is 2.44. The molecule has 178 valence electrons. The summed E-state index contributed by atoms with van der Waals surface area (Å²) in [6.07, 6.45) is 1.51. The maximum absolute atomic E-state index is 13.1. The van der Waals surface area contributed by atoms with Crippen LogP contribution in [0.2, 0.25) is 0 Å². The molecule has 34 heavy (non-hydrogen) atoms. The molecule has 8 heteroatoms. The van der Waals surface area contributed by atoms with Crippen molar-refractivity contribution in [1.29, 1.82) is 0 Å². The molecule has 1 unspecified atom stereocenters. The maximum atomic E-state index is 13.1. The van der Waals surface area contributed by atoms with Crippen molar-refractivity contribution in [3.63, 3.8) is 0 Å². The summed E-state index contributed by atoms with van der Waals surface area (Å²) in [5, 5.41) is 12.9. The van der Waals surface area contributed by atoms with Gasteiger partial charge in [-0.1, -0.05) is 29.8 Å². The number of urea groups is 1. The molecule has 1 saturated heterocycles. The Bertz CT molecular complexity index is 1210. The predicted molar refractivity (Wildman–Crippen MR) is 129 cm³/mol. The Hall–Kier alpha value is -3.52. The van der Waals surface area contributed by atoms with Gasteiger partial charge in [0.05, 0.1) is 5.54 Å². The van der Waals surface area contributed by atoms with E-state index in [9.17, 15) is 9.59 Å². The Morgan fingerprint density at radius 1 is 1.18 bits per heavy atom. The fourth-order valence-corrected chi connectivity index (χ4v) is 5.43. The number of likely N-dealkylation sites (tertiary alicyclic amines) is 1. The number of aromatic amines is 1. The van der Waals surface area contributed by atoms with Crippen molar-refractivity contribution >= 4 is 22.9 Å². The van der Waals surface area contributed by atoms with Crippen molar-refractivity contribution in [3.8, 4) is 5.75 Å². The van der Waals surface area contributed by atoms with E-state index in [0.717, 1.165) is 42.9 Å². The molecule has 1 fully saturated rings. The lowest BCUT2D eigenvalue weighted by molar-refractivity contribution is -0.135. The molecule has 1 atom stereocenters. The summed E-state index contributed by atoms with van der Waals surface area (Å²) in [6.45, 7) is 5.05. The van der Waals surface area contributed by atoms with Gasteiger partial charge in [-0.3, -0.25) is 9.69 Å². The number of amides is 2. The first kappa shape index (κ1) is 22.3. The first-order valence-corrected chi connectivity index (χ1v) is 11.8. The third-order valence-electron chi connectivity index (χ3n) is 7.01. The van der Waals surface area contributed by atoms with Gasteiger partial charge in [0.2, 0.25) is 0 Å². The standard InChI is InChI=1S/C26H30N4O4/c1-18-7-8-22-21(15-18)20-9-11-30(25(33)27-16-23(31)32)26(24(20)28-22)10-12-29(17-26)13-14-34-19-5-3-2-4-6-19/h2-8,15,28H,9-14,16-17H2,1H3,(H,27,33)(H,31,32). The highest BCUT2D eigenvalue weighted by molar-refractivity contribution is 5.87. The van der Waals surface area contributed by atoms with Crippen LogP contribution < -0.4 is 10.1 Å². The van der Waals surface area contributed by atoms with Crippen LogP contribution in [-0.4, -0.2) is 71.2 Å². The summed E-state index contributed by atoms with van der Waals surface area (Å²) < 4.78 is 5.91. The van der Waals surface area contributed by atoms with Gasteiger partial charge in [-0.2, -0.15) is 0 Å². The minimum atomic E-state index is -1.05. The van der Waals surface area contributed by atoms with Gasteiger partial charge in [0, 0.05) is 42.8 Å². The van der Waals surface area contributed by atoms with Crippen molar-refractivity contribution < 1.29 is 19.4 Å². The predicted octanol–water partition coefficient (Wildman–Crippen LogP) is 3.11. The molecule has 2 aliphatic rings. The van der Waals surface area contributed by atoms with Gasteiger partial charge in [-0.05, 0) is 49.6 Å². The number of carbonyl (C=O) groups excluding carboxylic acids is 1. The Balaban J connectivity index is 1.42. The highest BCUT2D eigenvalue weighted by Gasteiger charge is 2.51. The van der Waals surface area contributed by atoms with E-state index in [1.54, 1.807) is 0 Å². The number of ether oxygens (including phenoxy) is 1. The number of fused-ring (bicyclic) bond motifs is 4. The molecular weight excluding hydrogens is 432 g/mol. The van der Waals surface area contributed by atoms with Gasteiger partial charge in [0.15, 0.2) is 0 Å². The summed E-state index contributed by atoms with van der Waals surface area (Å²) in [6, 6.07) is 15.8. The van der Waals surface area contributed by atoms with Crippen molar-refractivity contribution in [1.82, 2.24) is 20.1 Å². The second-order valence-corrected chi connectivity index (χ2v) is 9.20. The number of benzene rings is 2. The topological polar surface area (TPSA) is 97.9 Å². The number of para-hydroxylation sites is 1. The second-order valence-electron chi connectivity index (χ2n) is 9.20. The first-order chi connectivity index (χ1) is 16.5. The van der Waals surface area contributed by atoms with Crippen LogP contribution >= 0.6 is 0 Å². The van der Waals surface area contributed by atoms with Gasteiger partial charge >= 0.3 is 12.0 Å². The highest BCUT2D eigenvalue weighted by atomic mass is 16.5. The lowest BCUT2D eigenvalue weighted by atomic mass is 9.84. The van der Waals surface area contributed by atoms with E-state index in [4.69, 9.17) is 9.84 Å². The number of aliphatic carboxylic acids is 1. The lowest BCUT2D eigenvalue weighted by Crippen LogP contribution is -2.58. The van der Waals surface area contributed by atoms with Crippen LogP contribution in [0.5, 0.6) is 5.75 Å². The number of aryl methyl sites for hydroxylation is 1. The maximum Gasteiger partial charge on any atom is 0.323 e. The lowest BCUT2D eigenvalue weighted by Gasteiger charge is -2.44. The van der Waals surface area contributed by atoms with Gasteiger partial charge in [0.1, 0.15) is 18.9 Å². The monoisotopic (exact) mass is 462 g/mol. The smallest absolute Gasteiger partial charge is 0.323 e. The van der Waals surface area contributed by atoms with Gasteiger partial charge in [0.25, 0.3) is 0 Å². The SMILES string of the molecule is Cc1ccc2[nH]c3c(c2c1)CCN(C(=O)NCC(=O)O)C31CCN(CCOc2ccccc2)C1. The van der Waals surface area contributed by atoms with E-state index >= 15 is 0 Å². The van der Waals surface area contributed by atoms with E-state index in [2.05, 4.69) is 40.3 Å². The molecule has 2 amide bonds. The molecular formula is C26H30N4O4. The summed E-state index contributed by atoms with van der Waals surface area (Å²) >= 11 is 0. The van der Waals surface area contributed by atoms with Crippen LogP contribution in [0.1, 0.15) is 23.2 Å². The number of nitrogens with one attached hydrogen (secondary N) is 2. The number of hydrogen-bond acceptors (Lipinski definition) is 4.